The average molecular weight is 234 g/mol. The molecule has 1 radical (unpaired) electrons. The van der Waals surface area contributed by atoms with Crippen molar-refractivity contribution in [2.45, 2.75) is 26.2 Å². The molecular weight excluding hydrogens is 218 g/mol. The van der Waals surface area contributed by atoms with Gasteiger partial charge in [-0.25, -0.2) is 9.78 Å². The summed E-state index contributed by atoms with van der Waals surface area (Å²) in [5.74, 6) is 0.424. The second-order valence-electron chi connectivity index (χ2n) is 3.60. The summed E-state index contributed by atoms with van der Waals surface area (Å²) >= 11 is 0. The van der Waals surface area contributed by atoms with Gasteiger partial charge in [0.1, 0.15) is 5.82 Å². The van der Waals surface area contributed by atoms with Crippen molar-refractivity contribution in [1.82, 2.24) is 9.88 Å². The molecule has 3 amide bonds. The van der Waals surface area contributed by atoms with E-state index >= 15 is 0 Å². The highest BCUT2D eigenvalue weighted by Crippen LogP contribution is 2.03. The van der Waals surface area contributed by atoms with Crippen molar-refractivity contribution in [3.05, 3.63) is 24.4 Å². The lowest BCUT2D eigenvalue weighted by Gasteiger charge is -2.14. The first-order valence-corrected chi connectivity index (χ1v) is 5.65. The topological polar surface area (TPSA) is 62.3 Å². The smallest absolute Gasteiger partial charge is 0.292 e. The lowest BCUT2D eigenvalue weighted by atomic mass is 10.2. The van der Waals surface area contributed by atoms with E-state index in [9.17, 15) is 9.59 Å². The minimum absolute atomic E-state index is 0.385. The van der Waals surface area contributed by atoms with Gasteiger partial charge in [0, 0.05) is 12.7 Å². The molecular formula is C12H16N3O2. The molecule has 1 N–H and O–H groups in total. The first-order chi connectivity index (χ1) is 8.27. The predicted molar refractivity (Wildman–Crippen MR) is 65.2 cm³/mol. The lowest BCUT2D eigenvalue weighted by Crippen LogP contribution is -2.34. The number of rotatable bonds is 6. The fourth-order valence-corrected chi connectivity index (χ4v) is 1.32. The molecule has 0 aliphatic carbocycles. The van der Waals surface area contributed by atoms with E-state index in [-0.39, 0.29) is 0 Å². The minimum atomic E-state index is -0.491. The van der Waals surface area contributed by atoms with Gasteiger partial charge in [0.05, 0.1) is 0 Å². The largest absolute Gasteiger partial charge is 0.330 e. The lowest BCUT2D eigenvalue weighted by molar-refractivity contribution is 0.231. The molecule has 0 fully saturated rings. The van der Waals surface area contributed by atoms with Gasteiger partial charge >= 0.3 is 12.4 Å². The number of hydrogen-bond acceptors (Lipinski definition) is 3. The van der Waals surface area contributed by atoms with Gasteiger partial charge in [-0.3, -0.25) is 15.0 Å². The van der Waals surface area contributed by atoms with Crippen LogP contribution in [-0.4, -0.2) is 28.9 Å². The molecule has 1 aromatic rings. The summed E-state index contributed by atoms with van der Waals surface area (Å²) in [6, 6.07) is 4.68. The fourth-order valence-electron chi connectivity index (χ4n) is 1.32. The van der Waals surface area contributed by atoms with Gasteiger partial charge in [-0.05, 0) is 18.6 Å². The first-order valence-electron chi connectivity index (χ1n) is 5.65. The van der Waals surface area contributed by atoms with Gasteiger partial charge in [-0.15, -0.1) is 0 Å². The number of nitrogens with one attached hydrogen (secondary N) is 1. The van der Waals surface area contributed by atoms with Crippen molar-refractivity contribution in [2.75, 3.05) is 11.9 Å². The summed E-state index contributed by atoms with van der Waals surface area (Å²) in [4.78, 5) is 27.2. The molecule has 0 aromatic carbocycles. The van der Waals surface area contributed by atoms with E-state index in [4.69, 9.17) is 0 Å². The number of carbonyl (C=O) groups excluding carboxylic acids is 2. The highest BCUT2D eigenvalue weighted by Gasteiger charge is 2.13. The Morgan fingerprint density at radius 3 is 2.88 bits per heavy atom. The van der Waals surface area contributed by atoms with Gasteiger partial charge < -0.3 is 0 Å². The van der Waals surface area contributed by atoms with Crippen LogP contribution in [0.3, 0.4) is 0 Å². The molecule has 0 saturated heterocycles. The molecule has 91 valence electrons. The summed E-state index contributed by atoms with van der Waals surface area (Å²) in [5, 5.41) is 2.53. The molecule has 17 heavy (non-hydrogen) atoms. The van der Waals surface area contributed by atoms with Crippen molar-refractivity contribution < 1.29 is 9.59 Å². The van der Waals surface area contributed by atoms with Crippen LogP contribution in [0.1, 0.15) is 26.2 Å². The molecule has 0 aliphatic rings. The van der Waals surface area contributed by atoms with E-state index in [1.807, 2.05) is 0 Å². The van der Waals surface area contributed by atoms with Gasteiger partial charge in [0.25, 0.3) is 0 Å². The SMILES string of the molecule is CCCCCN([C]=O)C(=O)Nc1ccccn1. The number of unbranched alkanes of at least 4 members (excludes halogenated alkanes) is 2. The third kappa shape index (κ3) is 4.63. The Labute approximate surface area is 101 Å². The number of hydrogen-bond donors (Lipinski definition) is 1. The van der Waals surface area contributed by atoms with Crippen LogP contribution in [0.15, 0.2) is 24.4 Å². The molecule has 1 rings (SSSR count). The first kappa shape index (κ1) is 13.2. The number of carbonyl (C=O) groups is 1. The number of aromatic nitrogens is 1. The average Bonchev–Trinajstić information content (AvgIpc) is 2.36. The maximum atomic E-state index is 11.7. The molecule has 0 spiro atoms. The standard InChI is InChI=1S/C12H16N3O2/c1-2-3-6-9-15(10-16)12(17)14-11-7-4-5-8-13-11/h4-5,7-8H,2-3,6,9H2,1H3,(H,13,14,17). The van der Waals surface area contributed by atoms with E-state index in [0.717, 1.165) is 24.2 Å². The third-order valence-electron chi connectivity index (χ3n) is 2.24. The maximum Gasteiger partial charge on any atom is 0.330 e. The van der Waals surface area contributed by atoms with Crippen LogP contribution >= 0.6 is 0 Å². The zero-order chi connectivity index (χ0) is 12.5. The van der Waals surface area contributed by atoms with Crippen molar-refractivity contribution in [1.29, 1.82) is 0 Å². The molecule has 0 atom stereocenters. The number of urea groups is 1. The zero-order valence-corrected chi connectivity index (χ0v) is 9.85. The van der Waals surface area contributed by atoms with Gasteiger partial charge in [-0.2, -0.15) is 0 Å². The van der Waals surface area contributed by atoms with Crippen LogP contribution in [0.4, 0.5) is 10.6 Å². The van der Waals surface area contributed by atoms with E-state index < -0.39 is 6.03 Å². The van der Waals surface area contributed by atoms with Crippen molar-refractivity contribution >= 4 is 18.3 Å². The molecule has 0 aliphatic heterocycles. The summed E-state index contributed by atoms with van der Waals surface area (Å²) < 4.78 is 0. The van der Waals surface area contributed by atoms with Crippen molar-refractivity contribution in [3.8, 4) is 0 Å². The van der Waals surface area contributed by atoms with Crippen LogP contribution in [0.5, 0.6) is 0 Å². The Hall–Kier alpha value is -1.91. The monoisotopic (exact) mass is 234 g/mol. The normalized spacial score (nSPS) is 9.71. The quantitative estimate of drug-likeness (QED) is 0.606. The molecule has 1 heterocycles. The number of pyridine rings is 1. The molecule has 0 unspecified atom stereocenters. The number of anilines is 1. The molecule has 5 nitrogen and oxygen atoms in total. The second-order valence-corrected chi connectivity index (χ2v) is 3.60. The van der Waals surface area contributed by atoms with Crippen LogP contribution in [0.2, 0.25) is 0 Å². The van der Waals surface area contributed by atoms with Gasteiger partial charge in [-0.1, -0.05) is 25.8 Å². The van der Waals surface area contributed by atoms with Crippen LogP contribution in [-0.2, 0) is 4.79 Å². The summed E-state index contributed by atoms with van der Waals surface area (Å²) in [6.45, 7) is 2.44. The fraction of sp³-hybridized carbons (Fsp3) is 0.417. The van der Waals surface area contributed by atoms with Crippen LogP contribution in [0.25, 0.3) is 0 Å². The summed E-state index contributed by atoms with van der Waals surface area (Å²) in [7, 11) is 0. The molecule has 5 heteroatoms. The second kappa shape index (κ2) is 7.38. The number of nitrogens with zero attached hydrogens (tertiary/aromatic N) is 2. The third-order valence-corrected chi connectivity index (χ3v) is 2.24. The van der Waals surface area contributed by atoms with E-state index in [1.54, 1.807) is 30.8 Å². The maximum absolute atomic E-state index is 11.7. The molecule has 1 aromatic heterocycles. The van der Waals surface area contributed by atoms with E-state index in [1.165, 1.54) is 0 Å². The Morgan fingerprint density at radius 2 is 2.29 bits per heavy atom. The zero-order valence-electron chi connectivity index (χ0n) is 9.85. The number of amides is 3. The highest BCUT2D eigenvalue weighted by atomic mass is 16.2. The Bertz CT molecular complexity index is 354. The molecule has 0 saturated carbocycles. The summed E-state index contributed by atoms with van der Waals surface area (Å²) in [5.41, 5.74) is 0. The van der Waals surface area contributed by atoms with Crippen LogP contribution in [0, 0.1) is 0 Å². The van der Waals surface area contributed by atoms with Crippen molar-refractivity contribution in [3.63, 3.8) is 0 Å². The van der Waals surface area contributed by atoms with Crippen molar-refractivity contribution in [2.24, 2.45) is 0 Å². The van der Waals surface area contributed by atoms with E-state index in [0.29, 0.717) is 12.4 Å². The number of imide groups is 1. The van der Waals surface area contributed by atoms with Gasteiger partial charge in [0.15, 0.2) is 0 Å². The highest BCUT2D eigenvalue weighted by molar-refractivity contribution is 5.94. The Kier molecular flexibility index (Phi) is 5.71. The minimum Gasteiger partial charge on any atom is -0.292 e. The Balaban J connectivity index is 2.46. The molecule has 0 bridgehead atoms. The van der Waals surface area contributed by atoms with Crippen LogP contribution < -0.4 is 5.32 Å². The predicted octanol–water partition coefficient (Wildman–Crippen LogP) is 2.17. The van der Waals surface area contributed by atoms with Gasteiger partial charge in [0.2, 0.25) is 0 Å². The van der Waals surface area contributed by atoms with E-state index in [2.05, 4.69) is 17.2 Å². The Morgan fingerprint density at radius 1 is 1.47 bits per heavy atom. The summed E-state index contributed by atoms with van der Waals surface area (Å²) in [6.07, 6.45) is 6.01.